The Labute approximate surface area is 84.9 Å². The van der Waals surface area contributed by atoms with Gasteiger partial charge in [-0.15, -0.1) is 0 Å². The number of nitrogens with two attached hydrogens (primary N) is 1. The first-order chi connectivity index (χ1) is 7.02. The lowest BCUT2D eigenvalue weighted by molar-refractivity contribution is -0.140. The average molecular weight is 212 g/mol. The Balaban J connectivity index is 2.85. The van der Waals surface area contributed by atoms with E-state index in [-0.39, 0.29) is 5.69 Å². The van der Waals surface area contributed by atoms with Gasteiger partial charge in [-0.2, -0.15) is 0 Å². The van der Waals surface area contributed by atoms with Crippen LogP contribution in [-0.4, -0.2) is 17.0 Å². The number of hydrogen-bond acceptors (Lipinski definition) is 3. The Morgan fingerprint density at radius 2 is 2.00 bits per heavy atom. The molecular formula is C9H9FN2O3. The number of para-hydroxylation sites is 1. The molecule has 0 unspecified atom stereocenters. The Hall–Kier alpha value is -1.95. The van der Waals surface area contributed by atoms with Gasteiger partial charge in [0.1, 0.15) is 12.2 Å². The predicted octanol–water partition coefficient (Wildman–Crippen LogP) is 0.507. The fourth-order valence-electron chi connectivity index (χ4n) is 0.996. The van der Waals surface area contributed by atoms with Crippen LogP contribution in [0.4, 0.5) is 10.1 Å². The zero-order valence-electron chi connectivity index (χ0n) is 7.68. The summed E-state index contributed by atoms with van der Waals surface area (Å²) in [6, 6.07) is 5.35. The molecule has 5 nitrogen and oxygen atoms in total. The molecule has 1 amide bonds. The first-order valence-corrected chi connectivity index (χ1v) is 4.06. The number of nitrogens with zero attached hydrogens (tertiary/aromatic N) is 1. The Kier molecular flexibility index (Phi) is 3.35. The molecule has 0 radical (unpaired) electrons. The van der Waals surface area contributed by atoms with E-state index >= 15 is 0 Å². The van der Waals surface area contributed by atoms with Gasteiger partial charge in [-0.05, 0) is 12.1 Å². The van der Waals surface area contributed by atoms with E-state index in [0.717, 1.165) is 6.07 Å². The van der Waals surface area contributed by atoms with Crippen LogP contribution < -0.4 is 10.9 Å². The lowest BCUT2D eigenvalue weighted by Gasteiger charge is -2.15. The van der Waals surface area contributed by atoms with E-state index in [1.807, 2.05) is 0 Å². The normalized spacial score (nSPS) is 9.73. The van der Waals surface area contributed by atoms with Crippen molar-refractivity contribution < 1.29 is 19.1 Å². The van der Waals surface area contributed by atoms with Crippen molar-refractivity contribution in [2.24, 2.45) is 5.84 Å². The number of hydrazine groups is 1. The van der Waals surface area contributed by atoms with Gasteiger partial charge < -0.3 is 5.11 Å². The molecule has 0 bridgehead atoms. The summed E-state index contributed by atoms with van der Waals surface area (Å²) in [5, 5.41) is 8.84. The highest BCUT2D eigenvalue weighted by Gasteiger charge is 2.17. The number of amides is 1. The van der Waals surface area contributed by atoms with E-state index in [0.29, 0.717) is 5.01 Å². The molecule has 1 aromatic rings. The molecular weight excluding hydrogens is 203 g/mol. The third-order valence-corrected chi connectivity index (χ3v) is 1.68. The van der Waals surface area contributed by atoms with E-state index in [9.17, 15) is 14.0 Å². The van der Waals surface area contributed by atoms with Crippen molar-refractivity contribution in [3.63, 3.8) is 0 Å². The number of halogens is 1. The second-order valence-corrected chi connectivity index (χ2v) is 2.79. The van der Waals surface area contributed by atoms with Crippen LogP contribution in [0.25, 0.3) is 0 Å². The first kappa shape index (κ1) is 11.1. The van der Waals surface area contributed by atoms with Crippen molar-refractivity contribution in [3.05, 3.63) is 30.1 Å². The predicted molar refractivity (Wildman–Crippen MR) is 50.3 cm³/mol. The molecule has 0 heterocycles. The standard InChI is InChI=1S/C9H9FN2O3/c10-6-3-1-2-4-7(6)12(11)8(13)5-9(14)15/h1-4H,5,11H2,(H,14,15). The third kappa shape index (κ3) is 2.75. The van der Waals surface area contributed by atoms with E-state index in [2.05, 4.69) is 0 Å². The second-order valence-electron chi connectivity index (χ2n) is 2.79. The van der Waals surface area contributed by atoms with Crippen molar-refractivity contribution in [1.29, 1.82) is 0 Å². The molecule has 0 atom stereocenters. The molecule has 0 aliphatic carbocycles. The van der Waals surface area contributed by atoms with Crippen molar-refractivity contribution in [2.45, 2.75) is 6.42 Å². The van der Waals surface area contributed by atoms with Crippen LogP contribution in [0, 0.1) is 5.82 Å². The summed E-state index contributed by atoms with van der Waals surface area (Å²) >= 11 is 0. The molecule has 1 rings (SSSR count). The van der Waals surface area contributed by atoms with Crippen LogP contribution in [0.15, 0.2) is 24.3 Å². The summed E-state index contributed by atoms with van der Waals surface area (Å²) in [4.78, 5) is 21.4. The second kappa shape index (κ2) is 4.52. The van der Waals surface area contributed by atoms with Gasteiger partial charge in [-0.3, -0.25) is 9.59 Å². The maximum absolute atomic E-state index is 13.1. The SMILES string of the molecule is NN(C(=O)CC(=O)O)c1ccccc1F. The van der Waals surface area contributed by atoms with Crippen LogP contribution in [0.1, 0.15) is 6.42 Å². The number of carbonyl (C=O) groups excluding carboxylic acids is 1. The molecule has 0 saturated carbocycles. The van der Waals surface area contributed by atoms with Gasteiger partial charge in [-0.25, -0.2) is 15.2 Å². The summed E-state index contributed by atoms with van der Waals surface area (Å²) in [6.07, 6.45) is -0.773. The molecule has 3 N–H and O–H groups in total. The molecule has 0 aliphatic rings. The van der Waals surface area contributed by atoms with Gasteiger partial charge >= 0.3 is 5.97 Å². The number of carboxylic acid groups (broad SMARTS) is 1. The molecule has 1 aromatic carbocycles. The minimum atomic E-state index is -1.31. The molecule has 15 heavy (non-hydrogen) atoms. The molecule has 80 valence electrons. The summed E-state index contributed by atoms with van der Waals surface area (Å²) < 4.78 is 13.1. The summed E-state index contributed by atoms with van der Waals surface area (Å²) in [6.45, 7) is 0. The van der Waals surface area contributed by atoms with Crippen molar-refractivity contribution >= 4 is 17.6 Å². The van der Waals surface area contributed by atoms with Gasteiger partial charge in [0.15, 0.2) is 0 Å². The summed E-state index contributed by atoms with van der Waals surface area (Å²) in [5.41, 5.74) is -0.149. The van der Waals surface area contributed by atoms with Gasteiger partial charge in [0, 0.05) is 0 Å². The zero-order valence-corrected chi connectivity index (χ0v) is 7.68. The maximum atomic E-state index is 13.1. The zero-order chi connectivity index (χ0) is 11.4. The Morgan fingerprint density at radius 1 is 1.40 bits per heavy atom. The van der Waals surface area contributed by atoms with Crippen molar-refractivity contribution in [1.82, 2.24) is 0 Å². The Bertz CT molecular complexity index is 395. The van der Waals surface area contributed by atoms with E-state index in [4.69, 9.17) is 10.9 Å². The van der Waals surface area contributed by atoms with Gasteiger partial charge in [0.05, 0.1) is 5.69 Å². The lowest BCUT2D eigenvalue weighted by Crippen LogP contribution is -2.39. The minimum absolute atomic E-state index is 0.149. The molecule has 6 heteroatoms. The Morgan fingerprint density at radius 3 is 2.53 bits per heavy atom. The summed E-state index contributed by atoms with van der Waals surface area (Å²) in [7, 11) is 0. The topological polar surface area (TPSA) is 83.6 Å². The van der Waals surface area contributed by atoms with Crippen LogP contribution in [0.3, 0.4) is 0 Å². The number of carbonyl (C=O) groups is 2. The number of hydrogen-bond donors (Lipinski definition) is 2. The van der Waals surface area contributed by atoms with E-state index in [1.165, 1.54) is 18.2 Å². The highest BCUT2D eigenvalue weighted by atomic mass is 19.1. The quantitative estimate of drug-likeness (QED) is 0.331. The van der Waals surface area contributed by atoms with Gasteiger partial charge in [-0.1, -0.05) is 12.1 Å². The van der Waals surface area contributed by atoms with Crippen LogP contribution >= 0.6 is 0 Å². The van der Waals surface area contributed by atoms with Crippen LogP contribution in [0.5, 0.6) is 0 Å². The molecule has 0 aromatic heterocycles. The van der Waals surface area contributed by atoms with Crippen molar-refractivity contribution in [3.8, 4) is 0 Å². The monoisotopic (exact) mass is 212 g/mol. The average Bonchev–Trinajstić information content (AvgIpc) is 2.16. The van der Waals surface area contributed by atoms with Crippen LogP contribution in [0.2, 0.25) is 0 Å². The number of carboxylic acids is 1. The number of benzene rings is 1. The van der Waals surface area contributed by atoms with Crippen molar-refractivity contribution in [2.75, 3.05) is 5.01 Å². The largest absolute Gasteiger partial charge is 0.481 e. The van der Waals surface area contributed by atoms with Gasteiger partial charge in [0.25, 0.3) is 5.91 Å². The highest BCUT2D eigenvalue weighted by molar-refractivity contribution is 6.02. The fourth-order valence-corrected chi connectivity index (χ4v) is 0.996. The fraction of sp³-hybridized carbons (Fsp3) is 0.111. The molecule has 0 fully saturated rings. The number of rotatable bonds is 3. The smallest absolute Gasteiger partial charge is 0.312 e. The molecule has 0 saturated heterocycles. The number of anilines is 1. The van der Waals surface area contributed by atoms with E-state index < -0.39 is 24.1 Å². The van der Waals surface area contributed by atoms with E-state index in [1.54, 1.807) is 0 Å². The van der Waals surface area contributed by atoms with Crippen LogP contribution in [-0.2, 0) is 9.59 Å². The molecule has 0 spiro atoms. The molecule has 0 aliphatic heterocycles. The first-order valence-electron chi connectivity index (χ1n) is 4.06. The summed E-state index contributed by atoms with van der Waals surface area (Å²) in [5.74, 6) is 2.39. The maximum Gasteiger partial charge on any atom is 0.312 e. The number of aliphatic carboxylic acids is 1. The minimum Gasteiger partial charge on any atom is -0.481 e. The van der Waals surface area contributed by atoms with Gasteiger partial charge in [0.2, 0.25) is 0 Å². The highest BCUT2D eigenvalue weighted by Crippen LogP contribution is 2.16. The lowest BCUT2D eigenvalue weighted by atomic mass is 10.3. The third-order valence-electron chi connectivity index (χ3n) is 1.68.